The molecule has 1 atom stereocenters. The summed E-state index contributed by atoms with van der Waals surface area (Å²) in [5.74, 6) is -0.1000. The molecule has 2 rings (SSSR count). The van der Waals surface area contributed by atoms with Gasteiger partial charge >= 0.3 is 0 Å². The second kappa shape index (κ2) is 9.45. The van der Waals surface area contributed by atoms with Crippen LogP contribution in [0.4, 0.5) is 4.39 Å². The van der Waals surface area contributed by atoms with Crippen LogP contribution in [0, 0.1) is 5.82 Å². The number of nitrogens with zero attached hydrogens (tertiary/aromatic N) is 2. The van der Waals surface area contributed by atoms with Crippen molar-refractivity contribution in [1.82, 2.24) is 9.88 Å². The van der Waals surface area contributed by atoms with Crippen LogP contribution in [0.2, 0.25) is 0 Å². The van der Waals surface area contributed by atoms with Crippen LogP contribution in [0.3, 0.4) is 0 Å². The maximum Gasteiger partial charge on any atom is 0.234 e. The topological polar surface area (TPSA) is 77.7 Å². The number of carbonyl (C=O) groups is 1. The number of ether oxygens (including phenoxy) is 2. The zero-order chi connectivity index (χ0) is 18.2. The molecular formula is C17H22FN3O3S. The Labute approximate surface area is 150 Å². The van der Waals surface area contributed by atoms with E-state index in [1.165, 1.54) is 23.5 Å². The molecule has 2 N–H and O–H groups in total. The van der Waals surface area contributed by atoms with Gasteiger partial charge in [-0.05, 0) is 31.2 Å². The molecule has 1 aromatic carbocycles. The summed E-state index contributed by atoms with van der Waals surface area (Å²) >= 11 is 1.47. The molecule has 0 aliphatic carbocycles. The van der Waals surface area contributed by atoms with Crippen LogP contribution in [0.1, 0.15) is 17.6 Å². The summed E-state index contributed by atoms with van der Waals surface area (Å²) in [6.07, 6.45) is 0. The van der Waals surface area contributed by atoms with E-state index in [0.717, 1.165) is 10.7 Å². The molecule has 25 heavy (non-hydrogen) atoms. The Morgan fingerprint density at radius 1 is 1.40 bits per heavy atom. The molecule has 0 aliphatic heterocycles. The molecule has 0 fully saturated rings. The fourth-order valence-electron chi connectivity index (χ4n) is 2.17. The predicted octanol–water partition coefficient (Wildman–Crippen LogP) is 2.18. The van der Waals surface area contributed by atoms with E-state index in [0.29, 0.717) is 32.1 Å². The Balaban J connectivity index is 1.93. The number of thiazole rings is 1. The first-order valence-electron chi connectivity index (χ1n) is 7.83. The second-order valence-corrected chi connectivity index (χ2v) is 6.46. The lowest BCUT2D eigenvalue weighted by molar-refractivity contribution is -0.123. The van der Waals surface area contributed by atoms with Crippen molar-refractivity contribution in [3.05, 3.63) is 46.2 Å². The van der Waals surface area contributed by atoms with Gasteiger partial charge < -0.3 is 15.2 Å². The Morgan fingerprint density at radius 2 is 2.12 bits per heavy atom. The van der Waals surface area contributed by atoms with Crippen molar-refractivity contribution in [2.45, 2.75) is 26.1 Å². The molecule has 0 spiro atoms. The van der Waals surface area contributed by atoms with E-state index in [-0.39, 0.29) is 11.7 Å². The quantitative estimate of drug-likeness (QED) is 0.696. The second-order valence-electron chi connectivity index (χ2n) is 5.52. The molecule has 6 nitrogen and oxygen atoms in total. The highest BCUT2D eigenvalue weighted by Gasteiger charge is 2.20. The summed E-state index contributed by atoms with van der Waals surface area (Å²) in [6, 6.07) is 5.44. The monoisotopic (exact) mass is 367 g/mol. The number of hydrogen-bond donors (Lipinski definition) is 1. The third-order valence-electron chi connectivity index (χ3n) is 3.68. The molecule has 1 amide bonds. The maximum atomic E-state index is 12.9. The van der Waals surface area contributed by atoms with E-state index in [4.69, 9.17) is 15.2 Å². The molecule has 1 aromatic heterocycles. The number of amides is 1. The molecular weight excluding hydrogens is 345 g/mol. The average molecular weight is 367 g/mol. The molecule has 0 radical (unpaired) electrons. The van der Waals surface area contributed by atoms with Crippen LogP contribution in [0.25, 0.3) is 0 Å². The van der Waals surface area contributed by atoms with E-state index in [9.17, 15) is 9.18 Å². The summed E-state index contributed by atoms with van der Waals surface area (Å²) in [5.41, 5.74) is 6.24. The first kappa shape index (κ1) is 19.3. The maximum absolute atomic E-state index is 12.9. The number of hydrogen-bond acceptors (Lipinski definition) is 6. The van der Waals surface area contributed by atoms with Gasteiger partial charge in [0.05, 0.1) is 18.3 Å². The highest BCUT2D eigenvalue weighted by atomic mass is 32.1. The van der Waals surface area contributed by atoms with Crippen molar-refractivity contribution in [3.63, 3.8) is 0 Å². The van der Waals surface area contributed by atoms with Gasteiger partial charge in [0.15, 0.2) is 0 Å². The largest absolute Gasteiger partial charge is 0.486 e. The van der Waals surface area contributed by atoms with Gasteiger partial charge in [-0.1, -0.05) is 0 Å². The minimum Gasteiger partial charge on any atom is -0.486 e. The fourth-order valence-corrected chi connectivity index (χ4v) is 2.87. The number of carbonyl (C=O) groups excluding carboxylic acids is 1. The number of aromatic nitrogens is 1. The molecule has 0 aliphatic rings. The van der Waals surface area contributed by atoms with Crippen LogP contribution in [0.15, 0.2) is 29.6 Å². The summed E-state index contributed by atoms with van der Waals surface area (Å²) in [5, 5.41) is 2.73. The summed E-state index contributed by atoms with van der Waals surface area (Å²) in [4.78, 5) is 17.9. The van der Waals surface area contributed by atoms with E-state index in [2.05, 4.69) is 4.98 Å². The van der Waals surface area contributed by atoms with E-state index in [1.54, 1.807) is 26.2 Å². The Kier molecular flexibility index (Phi) is 7.30. The predicted molar refractivity (Wildman–Crippen MR) is 93.8 cm³/mol. The zero-order valence-electron chi connectivity index (χ0n) is 14.3. The van der Waals surface area contributed by atoms with Crippen LogP contribution in [-0.4, -0.2) is 42.1 Å². The minimum absolute atomic E-state index is 0.302. The molecule has 2 aromatic rings. The average Bonchev–Trinajstić information content (AvgIpc) is 3.05. The lowest BCUT2D eigenvalue weighted by Crippen LogP contribution is -2.43. The number of benzene rings is 1. The molecule has 0 saturated heterocycles. The van der Waals surface area contributed by atoms with Gasteiger partial charge in [-0.3, -0.25) is 9.69 Å². The normalized spacial score (nSPS) is 12.3. The number of methoxy groups -OCH3 is 1. The number of halogens is 1. The Morgan fingerprint density at radius 3 is 2.76 bits per heavy atom. The highest BCUT2D eigenvalue weighted by molar-refractivity contribution is 7.09. The Bertz CT molecular complexity index is 678. The van der Waals surface area contributed by atoms with Crippen LogP contribution in [-0.2, 0) is 22.7 Å². The van der Waals surface area contributed by atoms with Crippen molar-refractivity contribution in [1.29, 1.82) is 0 Å². The van der Waals surface area contributed by atoms with Gasteiger partial charge in [-0.2, -0.15) is 0 Å². The van der Waals surface area contributed by atoms with Crippen LogP contribution >= 0.6 is 11.3 Å². The minimum atomic E-state index is -0.407. The van der Waals surface area contributed by atoms with Gasteiger partial charge in [0.2, 0.25) is 5.91 Å². The van der Waals surface area contributed by atoms with Gasteiger partial charge in [0.25, 0.3) is 0 Å². The van der Waals surface area contributed by atoms with Crippen molar-refractivity contribution in [2.75, 3.05) is 20.3 Å². The highest BCUT2D eigenvalue weighted by Crippen LogP contribution is 2.17. The summed E-state index contributed by atoms with van der Waals surface area (Å²) in [6.45, 7) is 3.66. The lowest BCUT2D eigenvalue weighted by atomic mass is 10.2. The third-order valence-corrected chi connectivity index (χ3v) is 4.55. The molecule has 1 heterocycles. The summed E-state index contributed by atoms with van der Waals surface area (Å²) < 4.78 is 23.5. The summed E-state index contributed by atoms with van der Waals surface area (Å²) in [7, 11) is 1.61. The van der Waals surface area contributed by atoms with Gasteiger partial charge in [-0.15, -0.1) is 11.3 Å². The van der Waals surface area contributed by atoms with Crippen molar-refractivity contribution >= 4 is 17.2 Å². The fraction of sp³-hybridized carbons (Fsp3) is 0.412. The first-order valence-corrected chi connectivity index (χ1v) is 8.71. The number of rotatable bonds is 10. The molecule has 1 unspecified atom stereocenters. The van der Waals surface area contributed by atoms with Gasteiger partial charge in [0.1, 0.15) is 23.2 Å². The van der Waals surface area contributed by atoms with Crippen LogP contribution in [0.5, 0.6) is 5.75 Å². The lowest BCUT2D eigenvalue weighted by Gasteiger charge is -2.25. The van der Waals surface area contributed by atoms with Crippen LogP contribution < -0.4 is 10.5 Å². The molecule has 136 valence electrons. The van der Waals surface area contributed by atoms with Crippen molar-refractivity contribution in [2.24, 2.45) is 5.73 Å². The van der Waals surface area contributed by atoms with E-state index in [1.807, 2.05) is 10.3 Å². The van der Waals surface area contributed by atoms with Crippen molar-refractivity contribution in [3.8, 4) is 5.75 Å². The van der Waals surface area contributed by atoms with E-state index < -0.39 is 6.04 Å². The molecule has 0 saturated carbocycles. The smallest absolute Gasteiger partial charge is 0.234 e. The number of primary amides is 1. The molecule has 8 heteroatoms. The number of nitrogens with two attached hydrogens (primary N) is 1. The SMILES string of the molecule is COCCN(Cc1csc(COc2ccc(F)cc2)n1)C(C)C(N)=O. The van der Waals surface area contributed by atoms with Gasteiger partial charge in [0, 0.05) is 25.6 Å². The zero-order valence-corrected chi connectivity index (χ0v) is 15.1. The third kappa shape index (κ3) is 6.08. The first-order chi connectivity index (χ1) is 12.0. The van der Waals surface area contributed by atoms with E-state index >= 15 is 0 Å². The Hall–Kier alpha value is -2.03. The van der Waals surface area contributed by atoms with Gasteiger partial charge in [-0.25, -0.2) is 9.37 Å². The van der Waals surface area contributed by atoms with Crippen molar-refractivity contribution < 1.29 is 18.7 Å². The standard InChI is InChI=1S/C17H22FN3O3S/c1-12(17(19)22)21(7-8-23-2)9-14-11-25-16(20-14)10-24-15-5-3-13(18)4-6-15/h3-6,11-12H,7-10H2,1-2H3,(H2,19,22). The molecule has 0 bridgehead atoms.